The number of hydrogen-bond acceptors (Lipinski definition) is 7. The number of carbonyl (C=O) groups excluding carboxylic acids is 3. The Morgan fingerprint density at radius 1 is 1.18 bits per heavy atom. The van der Waals surface area contributed by atoms with E-state index in [9.17, 15) is 14.4 Å². The summed E-state index contributed by atoms with van der Waals surface area (Å²) in [6.07, 6.45) is 0. The summed E-state index contributed by atoms with van der Waals surface area (Å²) in [6.45, 7) is 5.06. The first kappa shape index (κ1) is 21.3. The third-order valence-corrected chi connectivity index (χ3v) is 4.56. The molecule has 1 aromatic carbocycles. The van der Waals surface area contributed by atoms with E-state index in [0.29, 0.717) is 17.3 Å². The number of ether oxygens (including phenoxy) is 1. The van der Waals surface area contributed by atoms with Gasteiger partial charge in [-0.15, -0.1) is 11.8 Å². The lowest BCUT2D eigenvalue weighted by molar-refractivity contribution is -0.128. The predicted octanol–water partition coefficient (Wildman–Crippen LogP) is 1.58. The minimum Gasteiger partial charge on any atom is -0.484 e. The SMILES string of the molecule is Cc1cccc(OCC(=O)NNC(=O)CSC(C)C(=O)Nc2cc(C)on2)c1. The predicted molar refractivity (Wildman–Crippen MR) is 105 cm³/mol. The second kappa shape index (κ2) is 10.4. The summed E-state index contributed by atoms with van der Waals surface area (Å²) in [4.78, 5) is 35.5. The maximum atomic E-state index is 12.0. The second-order valence-corrected chi connectivity index (χ2v) is 7.30. The molecule has 28 heavy (non-hydrogen) atoms. The molecular weight excluding hydrogens is 384 g/mol. The average Bonchev–Trinajstić information content (AvgIpc) is 3.07. The van der Waals surface area contributed by atoms with Crippen molar-refractivity contribution >= 4 is 35.3 Å². The van der Waals surface area contributed by atoms with Crippen LogP contribution in [0.15, 0.2) is 34.9 Å². The molecule has 2 rings (SSSR count). The molecule has 0 aliphatic carbocycles. The van der Waals surface area contributed by atoms with E-state index in [2.05, 4.69) is 21.3 Å². The Morgan fingerprint density at radius 3 is 2.61 bits per heavy atom. The van der Waals surface area contributed by atoms with Gasteiger partial charge in [0, 0.05) is 6.07 Å². The largest absolute Gasteiger partial charge is 0.484 e. The highest BCUT2D eigenvalue weighted by Gasteiger charge is 2.17. The van der Waals surface area contributed by atoms with Gasteiger partial charge in [-0.1, -0.05) is 17.3 Å². The standard InChI is InChI=1S/C18H22N4O5S/c1-11-5-4-6-14(7-11)26-9-16(23)20-21-17(24)10-28-13(3)18(25)19-15-8-12(2)27-22-15/h4-8,13H,9-10H2,1-3H3,(H,20,23)(H,21,24)(H,19,22,25). The Hall–Kier alpha value is -3.01. The highest BCUT2D eigenvalue weighted by Crippen LogP contribution is 2.14. The summed E-state index contributed by atoms with van der Waals surface area (Å²) in [5, 5.41) is 5.76. The third kappa shape index (κ3) is 7.31. The molecule has 3 N–H and O–H groups in total. The Bertz CT molecular complexity index is 839. The highest BCUT2D eigenvalue weighted by molar-refractivity contribution is 8.01. The molecule has 0 aliphatic rings. The zero-order valence-corrected chi connectivity index (χ0v) is 16.6. The first-order valence-electron chi connectivity index (χ1n) is 8.46. The van der Waals surface area contributed by atoms with Crippen LogP contribution in [0.2, 0.25) is 0 Å². The molecule has 1 heterocycles. The molecule has 3 amide bonds. The third-order valence-electron chi connectivity index (χ3n) is 3.41. The Morgan fingerprint density at radius 2 is 1.93 bits per heavy atom. The maximum Gasteiger partial charge on any atom is 0.276 e. The number of anilines is 1. The summed E-state index contributed by atoms with van der Waals surface area (Å²) >= 11 is 1.12. The molecule has 1 aromatic heterocycles. The molecule has 0 radical (unpaired) electrons. The minimum atomic E-state index is -0.497. The molecule has 150 valence electrons. The summed E-state index contributed by atoms with van der Waals surface area (Å²) in [5.41, 5.74) is 5.56. The van der Waals surface area contributed by atoms with Crippen molar-refractivity contribution in [2.24, 2.45) is 0 Å². The molecule has 0 saturated carbocycles. The van der Waals surface area contributed by atoms with E-state index in [1.807, 2.05) is 19.1 Å². The number of amides is 3. The van der Waals surface area contributed by atoms with E-state index in [1.54, 1.807) is 32.0 Å². The van der Waals surface area contributed by atoms with Crippen LogP contribution in [-0.2, 0) is 14.4 Å². The first-order chi connectivity index (χ1) is 13.3. The van der Waals surface area contributed by atoms with Crippen molar-refractivity contribution in [3.63, 3.8) is 0 Å². The van der Waals surface area contributed by atoms with Gasteiger partial charge in [-0.05, 0) is 38.5 Å². The van der Waals surface area contributed by atoms with Crippen LogP contribution in [0.25, 0.3) is 0 Å². The van der Waals surface area contributed by atoms with Crippen LogP contribution in [0.1, 0.15) is 18.2 Å². The highest BCUT2D eigenvalue weighted by atomic mass is 32.2. The number of rotatable bonds is 8. The van der Waals surface area contributed by atoms with Crippen molar-refractivity contribution in [1.29, 1.82) is 0 Å². The van der Waals surface area contributed by atoms with Gasteiger partial charge in [-0.3, -0.25) is 25.2 Å². The molecule has 2 aromatic rings. The van der Waals surface area contributed by atoms with Crippen LogP contribution in [0.3, 0.4) is 0 Å². The number of nitrogens with one attached hydrogen (secondary N) is 3. The molecule has 9 nitrogen and oxygen atoms in total. The molecule has 1 unspecified atom stereocenters. The molecule has 10 heteroatoms. The Kier molecular flexibility index (Phi) is 7.88. The van der Waals surface area contributed by atoms with Gasteiger partial charge in [-0.25, -0.2) is 0 Å². The van der Waals surface area contributed by atoms with Crippen molar-refractivity contribution in [1.82, 2.24) is 16.0 Å². The summed E-state index contributed by atoms with van der Waals surface area (Å²) in [6, 6.07) is 8.87. The molecular formula is C18H22N4O5S. The Labute approximate surface area is 166 Å². The minimum absolute atomic E-state index is 0.00849. The average molecular weight is 406 g/mol. The smallest absolute Gasteiger partial charge is 0.276 e. The van der Waals surface area contributed by atoms with Crippen LogP contribution in [0, 0.1) is 13.8 Å². The maximum absolute atomic E-state index is 12.0. The number of aromatic nitrogens is 1. The molecule has 0 spiro atoms. The van der Waals surface area contributed by atoms with E-state index < -0.39 is 17.1 Å². The number of hydrogen-bond donors (Lipinski definition) is 3. The molecule has 0 bridgehead atoms. The lowest BCUT2D eigenvalue weighted by atomic mass is 10.2. The number of benzene rings is 1. The molecule has 1 atom stereocenters. The van der Waals surface area contributed by atoms with Crippen molar-refractivity contribution in [3.05, 3.63) is 41.7 Å². The Balaban J connectivity index is 1.63. The summed E-state index contributed by atoms with van der Waals surface area (Å²) < 4.78 is 10.2. The number of hydrazine groups is 1. The quantitative estimate of drug-likeness (QED) is 0.569. The number of carbonyl (C=O) groups is 3. The van der Waals surface area contributed by atoms with Gasteiger partial charge in [0.05, 0.1) is 11.0 Å². The van der Waals surface area contributed by atoms with Crippen molar-refractivity contribution in [2.75, 3.05) is 17.7 Å². The van der Waals surface area contributed by atoms with E-state index in [4.69, 9.17) is 9.26 Å². The van der Waals surface area contributed by atoms with E-state index in [0.717, 1.165) is 17.3 Å². The zero-order valence-electron chi connectivity index (χ0n) is 15.8. The van der Waals surface area contributed by atoms with Crippen LogP contribution in [-0.4, -0.2) is 40.5 Å². The normalized spacial score (nSPS) is 11.4. The van der Waals surface area contributed by atoms with Gasteiger partial charge >= 0.3 is 0 Å². The van der Waals surface area contributed by atoms with Gasteiger partial charge in [0.25, 0.3) is 5.91 Å². The lowest BCUT2D eigenvalue weighted by Crippen LogP contribution is -2.44. The van der Waals surface area contributed by atoms with E-state index in [-0.39, 0.29) is 18.3 Å². The van der Waals surface area contributed by atoms with Crippen LogP contribution in [0.4, 0.5) is 5.82 Å². The van der Waals surface area contributed by atoms with E-state index >= 15 is 0 Å². The topological polar surface area (TPSA) is 123 Å². The van der Waals surface area contributed by atoms with Gasteiger partial charge in [0.1, 0.15) is 11.5 Å². The van der Waals surface area contributed by atoms with Crippen molar-refractivity contribution in [3.8, 4) is 5.75 Å². The summed E-state index contributed by atoms with van der Waals surface area (Å²) in [5.74, 6) is 0.224. The monoisotopic (exact) mass is 406 g/mol. The second-order valence-electron chi connectivity index (χ2n) is 5.97. The first-order valence-corrected chi connectivity index (χ1v) is 9.51. The van der Waals surface area contributed by atoms with Crippen LogP contribution >= 0.6 is 11.8 Å². The van der Waals surface area contributed by atoms with Crippen LogP contribution < -0.4 is 20.9 Å². The fourth-order valence-corrected chi connectivity index (χ4v) is 2.68. The van der Waals surface area contributed by atoms with Gasteiger partial charge < -0.3 is 14.6 Å². The number of aryl methyl sites for hydroxylation is 2. The molecule has 0 fully saturated rings. The number of nitrogens with zero attached hydrogens (tertiary/aromatic N) is 1. The zero-order chi connectivity index (χ0) is 20.5. The lowest BCUT2D eigenvalue weighted by Gasteiger charge is -2.11. The number of thioether (sulfide) groups is 1. The fraction of sp³-hybridized carbons (Fsp3) is 0.333. The van der Waals surface area contributed by atoms with Crippen LogP contribution in [0.5, 0.6) is 5.75 Å². The van der Waals surface area contributed by atoms with Crippen molar-refractivity contribution in [2.45, 2.75) is 26.0 Å². The fourth-order valence-electron chi connectivity index (χ4n) is 2.00. The van der Waals surface area contributed by atoms with Gasteiger partial charge in [0.15, 0.2) is 12.4 Å². The van der Waals surface area contributed by atoms with Crippen molar-refractivity contribution < 1.29 is 23.6 Å². The van der Waals surface area contributed by atoms with E-state index in [1.165, 1.54) is 0 Å². The van der Waals surface area contributed by atoms with Gasteiger partial charge in [-0.2, -0.15) is 0 Å². The molecule has 0 saturated heterocycles. The van der Waals surface area contributed by atoms with Gasteiger partial charge in [0.2, 0.25) is 11.8 Å². The molecule has 0 aliphatic heterocycles. The summed E-state index contributed by atoms with van der Waals surface area (Å²) in [7, 11) is 0.